The van der Waals surface area contributed by atoms with E-state index < -0.39 is 23.3 Å². The van der Waals surface area contributed by atoms with Crippen LogP contribution >= 0.6 is 0 Å². The van der Waals surface area contributed by atoms with Gasteiger partial charge in [-0.05, 0) is 18.2 Å². The maximum atomic E-state index is 12.5. The van der Waals surface area contributed by atoms with Crippen molar-refractivity contribution < 1.29 is 23.1 Å². The summed E-state index contributed by atoms with van der Waals surface area (Å²) in [5.41, 5.74) is -1.53. The second-order valence-corrected chi connectivity index (χ2v) is 4.12. The maximum Gasteiger partial charge on any atom is 0.416 e. The fourth-order valence-corrected chi connectivity index (χ4v) is 1.71. The molecule has 0 aliphatic heterocycles. The molecule has 0 unspecified atom stereocenters. The lowest BCUT2D eigenvalue weighted by Crippen LogP contribution is -2.22. The van der Waals surface area contributed by atoms with E-state index in [-0.39, 0.29) is 23.9 Å². The zero-order valence-corrected chi connectivity index (χ0v) is 10.0. The molecule has 0 bridgehead atoms. The van der Waals surface area contributed by atoms with Crippen molar-refractivity contribution in [1.29, 1.82) is 0 Å². The third kappa shape index (κ3) is 2.79. The Labute approximate surface area is 110 Å². The monoisotopic (exact) mass is 286 g/mol. The van der Waals surface area contributed by atoms with Crippen molar-refractivity contribution in [3.63, 3.8) is 0 Å². The standard InChI is InChI=1S/C12H9F3N2O3/c13-12(14,15)7-1-2-8-9(5-7)16-6-17(11(8)20)4-3-10(18)19/h1-2,5-6H,3-4H2,(H,18,19). The molecule has 0 radical (unpaired) electrons. The molecule has 1 heterocycles. The summed E-state index contributed by atoms with van der Waals surface area (Å²) in [4.78, 5) is 26.2. The molecule has 0 atom stereocenters. The highest BCUT2D eigenvalue weighted by Crippen LogP contribution is 2.30. The van der Waals surface area contributed by atoms with Crippen LogP contribution in [0, 0.1) is 0 Å². The molecular formula is C12H9F3N2O3. The first kappa shape index (κ1) is 14.0. The van der Waals surface area contributed by atoms with Crippen LogP contribution in [0.4, 0.5) is 13.2 Å². The van der Waals surface area contributed by atoms with E-state index in [0.717, 1.165) is 29.1 Å². The minimum absolute atomic E-state index is 0.0193. The van der Waals surface area contributed by atoms with Gasteiger partial charge in [-0.25, -0.2) is 4.98 Å². The fraction of sp³-hybridized carbons (Fsp3) is 0.250. The molecule has 2 aromatic rings. The molecule has 1 aromatic carbocycles. The molecule has 0 aliphatic rings. The first-order valence-corrected chi connectivity index (χ1v) is 5.57. The molecule has 8 heteroatoms. The number of aromatic nitrogens is 2. The Morgan fingerprint density at radius 1 is 1.35 bits per heavy atom. The summed E-state index contributed by atoms with van der Waals surface area (Å²) >= 11 is 0. The minimum atomic E-state index is -4.51. The number of aryl methyl sites for hydroxylation is 1. The van der Waals surface area contributed by atoms with Gasteiger partial charge in [-0.15, -0.1) is 0 Å². The molecule has 0 amide bonds. The van der Waals surface area contributed by atoms with Gasteiger partial charge >= 0.3 is 12.1 Å². The van der Waals surface area contributed by atoms with Crippen LogP contribution in [0.3, 0.4) is 0 Å². The van der Waals surface area contributed by atoms with Gasteiger partial charge in [0.15, 0.2) is 0 Å². The lowest BCUT2D eigenvalue weighted by Gasteiger charge is -2.08. The van der Waals surface area contributed by atoms with Crippen molar-refractivity contribution in [2.45, 2.75) is 19.1 Å². The van der Waals surface area contributed by atoms with Gasteiger partial charge < -0.3 is 5.11 Å². The molecule has 0 aliphatic carbocycles. The predicted molar refractivity (Wildman–Crippen MR) is 63.3 cm³/mol. The van der Waals surface area contributed by atoms with Crippen molar-refractivity contribution in [2.24, 2.45) is 0 Å². The number of hydrogen-bond donors (Lipinski definition) is 1. The topological polar surface area (TPSA) is 72.2 Å². The van der Waals surface area contributed by atoms with Gasteiger partial charge in [0.1, 0.15) is 0 Å². The summed E-state index contributed by atoms with van der Waals surface area (Å²) in [7, 11) is 0. The van der Waals surface area contributed by atoms with Crippen LogP contribution in [0.5, 0.6) is 0 Å². The summed E-state index contributed by atoms with van der Waals surface area (Å²) in [6.07, 6.45) is -3.73. The number of carbonyl (C=O) groups is 1. The van der Waals surface area contributed by atoms with Gasteiger partial charge in [-0.1, -0.05) is 0 Å². The molecule has 20 heavy (non-hydrogen) atoms. The quantitative estimate of drug-likeness (QED) is 0.935. The molecule has 1 N–H and O–H groups in total. The van der Waals surface area contributed by atoms with Gasteiger partial charge in [0.2, 0.25) is 0 Å². The number of fused-ring (bicyclic) bond motifs is 1. The molecule has 1 aromatic heterocycles. The first-order chi connectivity index (χ1) is 9.29. The van der Waals surface area contributed by atoms with Crippen LogP contribution in [0.1, 0.15) is 12.0 Å². The Morgan fingerprint density at radius 3 is 2.65 bits per heavy atom. The fourth-order valence-electron chi connectivity index (χ4n) is 1.71. The molecule has 5 nitrogen and oxygen atoms in total. The Hall–Kier alpha value is -2.38. The summed E-state index contributed by atoms with van der Waals surface area (Å²) < 4.78 is 38.6. The third-order valence-corrected chi connectivity index (χ3v) is 2.72. The molecule has 2 rings (SSSR count). The number of nitrogens with zero attached hydrogens (tertiary/aromatic N) is 2. The zero-order chi connectivity index (χ0) is 14.9. The SMILES string of the molecule is O=C(O)CCn1cnc2cc(C(F)(F)F)ccc2c1=O. The van der Waals surface area contributed by atoms with E-state index >= 15 is 0 Å². The summed E-state index contributed by atoms with van der Waals surface area (Å²) in [6.45, 7) is -0.0852. The van der Waals surface area contributed by atoms with Gasteiger partial charge in [0, 0.05) is 6.54 Å². The van der Waals surface area contributed by atoms with E-state index in [1.807, 2.05) is 0 Å². The van der Waals surface area contributed by atoms with Crippen molar-refractivity contribution in [3.05, 3.63) is 40.4 Å². The van der Waals surface area contributed by atoms with Crippen LogP contribution in [-0.2, 0) is 17.5 Å². The zero-order valence-electron chi connectivity index (χ0n) is 10.0. The van der Waals surface area contributed by atoms with E-state index in [2.05, 4.69) is 4.98 Å². The number of halogens is 3. The average Bonchev–Trinajstić information content (AvgIpc) is 2.36. The Morgan fingerprint density at radius 2 is 2.05 bits per heavy atom. The molecule has 106 valence electrons. The maximum absolute atomic E-state index is 12.5. The smallest absolute Gasteiger partial charge is 0.416 e. The lowest BCUT2D eigenvalue weighted by molar-refractivity contribution is -0.138. The predicted octanol–water partition coefficient (Wildman–Crippen LogP) is 1.89. The molecule has 0 saturated heterocycles. The second kappa shape index (κ2) is 4.95. The Bertz CT molecular complexity index is 722. The van der Waals surface area contributed by atoms with Gasteiger partial charge in [-0.3, -0.25) is 14.2 Å². The van der Waals surface area contributed by atoms with Crippen LogP contribution in [0.25, 0.3) is 10.9 Å². The third-order valence-electron chi connectivity index (χ3n) is 2.72. The number of benzene rings is 1. The van der Waals surface area contributed by atoms with E-state index in [9.17, 15) is 22.8 Å². The normalized spacial score (nSPS) is 11.8. The van der Waals surface area contributed by atoms with Gasteiger partial charge in [-0.2, -0.15) is 13.2 Å². The highest BCUT2D eigenvalue weighted by molar-refractivity contribution is 5.78. The Kier molecular flexibility index (Phi) is 3.47. The number of carboxylic acid groups (broad SMARTS) is 1. The Balaban J connectivity index is 2.47. The summed E-state index contributed by atoms with van der Waals surface area (Å²) in [5.74, 6) is -1.08. The van der Waals surface area contributed by atoms with E-state index in [1.54, 1.807) is 0 Å². The van der Waals surface area contributed by atoms with Gasteiger partial charge in [0.05, 0.1) is 29.2 Å². The van der Waals surface area contributed by atoms with Gasteiger partial charge in [0.25, 0.3) is 5.56 Å². The largest absolute Gasteiger partial charge is 0.481 e. The van der Waals surface area contributed by atoms with Crippen molar-refractivity contribution in [2.75, 3.05) is 0 Å². The number of hydrogen-bond acceptors (Lipinski definition) is 3. The highest BCUT2D eigenvalue weighted by Gasteiger charge is 2.30. The molecule has 0 saturated carbocycles. The van der Waals surface area contributed by atoms with Crippen molar-refractivity contribution in [3.8, 4) is 0 Å². The summed E-state index contributed by atoms with van der Waals surface area (Å²) in [5, 5.41) is 8.56. The number of carboxylic acids is 1. The minimum Gasteiger partial charge on any atom is -0.481 e. The van der Waals surface area contributed by atoms with Crippen molar-refractivity contribution in [1.82, 2.24) is 9.55 Å². The molecular weight excluding hydrogens is 277 g/mol. The number of rotatable bonds is 3. The highest BCUT2D eigenvalue weighted by atomic mass is 19.4. The van der Waals surface area contributed by atoms with E-state index in [4.69, 9.17) is 5.11 Å². The molecule has 0 spiro atoms. The average molecular weight is 286 g/mol. The lowest BCUT2D eigenvalue weighted by atomic mass is 10.1. The van der Waals surface area contributed by atoms with E-state index in [0.29, 0.717) is 0 Å². The van der Waals surface area contributed by atoms with Crippen LogP contribution in [-0.4, -0.2) is 20.6 Å². The van der Waals surface area contributed by atoms with Crippen LogP contribution < -0.4 is 5.56 Å². The van der Waals surface area contributed by atoms with Crippen molar-refractivity contribution >= 4 is 16.9 Å². The summed E-state index contributed by atoms with van der Waals surface area (Å²) in [6, 6.07) is 2.63. The first-order valence-electron chi connectivity index (χ1n) is 5.57. The second-order valence-electron chi connectivity index (χ2n) is 4.12. The van der Waals surface area contributed by atoms with Crippen LogP contribution in [0.15, 0.2) is 29.3 Å². The number of aliphatic carboxylic acids is 1. The van der Waals surface area contributed by atoms with Crippen LogP contribution in [0.2, 0.25) is 0 Å². The van der Waals surface area contributed by atoms with E-state index in [1.165, 1.54) is 0 Å². The number of alkyl halides is 3. The molecule has 0 fully saturated rings.